The number of phenolic OH excluding ortho intramolecular Hbond substituents is 1. The summed E-state index contributed by atoms with van der Waals surface area (Å²) >= 11 is 6.41. The van der Waals surface area contributed by atoms with Crippen LogP contribution in [0, 0.1) is 0 Å². The minimum absolute atomic E-state index is 0.0566. The average molecular weight is 624 g/mol. The Morgan fingerprint density at radius 3 is 2.33 bits per heavy atom. The van der Waals surface area contributed by atoms with Crippen molar-refractivity contribution in [3.8, 4) is 22.8 Å². The van der Waals surface area contributed by atoms with Crippen molar-refractivity contribution in [1.82, 2.24) is 4.90 Å². The Bertz CT molecular complexity index is 1520. The van der Waals surface area contributed by atoms with Gasteiger partial charge in [0.15, 0.2) is 12.2 Å². The fraction of sp³-hybridized carbons (Fsp3) is 0.500. The SMILES string of the molecule is CN1CC[C@H](c2c(OCOP(=O)(OC(C)(C)C)OC(C)(C)C)cc(O)c3c(=O)cc(-c4ccccc4Cl)oc23)[C@H](O)C1. The van der Waals surface area contributed by atoms with Gasteiger partial charge in [0.05, 0.1) is 22.3 Å². The van der Waals surface area contributed by atoms with E-state index in [1.54, 1.807) is 65.8 Å². The lowest BCUT2D eigenvalue weighted by atomic mass is 9.85. The molecular weight excluding hydrogens is 585 g/mol. The smallest absolute Gasteiger partial charge is 0.478 e. The average Bonchev–Trinajstić information content (AvgIpc) is 2.82. The van der Waals surface area contributed by atoms with Gasteiger partial charge in [-0.05, 0) is 73.7 Å². The van der Waals surface area contributed by atoms with Crippen molar-refractivity contribution in [3.63, 3.8) is 0 Å². The number of likely N-dealkylation sites (tertiary alicyclic amines) is 1. The number of aliphatic hydroxyl groups excluding tert-OH is 1. The number of halogens is 1. The number of piperidine rings is 1. The van der Waals surface area contributed by atoms with Gasteiger partial charge in [-0.25, -0.2) is 9.09 Å². The number of rotatable bonds is 8. The van der Waals surface area contributed by atoms with Crippen LogP contribution in [0.5, 0.6) is 11.5 Å². The van der Waals surface area contributed by atoms with Crippen LogP contribution in [0.4, 0.5) is 0 Å². The number of phenols is 1. The molecule has 3 aromatic rings. The molecule has 1 fully saturated rings. The fourth-order valence-electron chi connectivity index (χ4n) is 4.90. The molecule has 2 heterocycles. The van der Waals surface area contributed by atoms with E-state index in [4.69, 9.17) is 34.3 Å². The predicted octanol–water partition coefficient (Wildman–Crippen LogP) is 6.69. The summed E-state index contributed by atoms with van der Waals surface area (Å²) in [6.45, 7) is 10.7. The number of ether oxygens (including phenoxy) is 1. The van der Waals surface area contributed by atoms with E-state index < -0.39 is 43.3 Å². The molecule has 4 rings (SSSR count). The van der Waals surface area contributed by atoms with Crippen LogP contribution in [0.15, 0.2) is 45.6 Å². The summed E-state index contributed by atoms with van der Waals surface area (Å²) in [6, 6.07) is 9.46. The lowest BCUT2D eigenvalue weighted by Gasteiger charge is -2.35. The second-order valence-electron chi connectivity index (χ2n) is 12.4. The molecule has 2 atom stereocenters. The van der Waals surface area contributed by atoms with E-state index in [2.05, 4.69) is 0 Å². The highest BCUT2D eigenvalue weighted by atomic mass is 35.5. The van der Waals surface area contributed by atoms with Crippen LogP contribution in [-0.4, -0.2) is 59.3 Å². The largest absolute Gasteiger partial charge is 0.507 e. The third-order valence-corrected chi connectivity index (χ3v) is 8.77. The summed E-state index contributed by atoms with van der Waals surface area (Å²) in [5, 5.41) is 22.4. The Hall–Kier alpha value is -2.43. The Morgan fingerprint density at radius 1 is 1.10 bits per heavy atom. The molecule has 0 unspecified atom stereocenters. The van der Waals surface area contributed by atoms with Gasteiger partial charge in [0.1, 0.15) is 28.2 Å². The van der Waals surface area contributed by atoms with E-state index in [0.717, 1.165) is 0 Å². The Morgan fingerprint density at radius 2 is 1.74 bits per heavy atom. The topological polar surface area (TPSA) is 128 Å². The maximum Gasteiger partial charge on any atom is 0.478 e. The van der Waals surface area contributed by atoms with Gasteiger partial charge >= 0.3 is 7.82 Å². The van der Waals surface area contributed by atoms with Gasteiger partial charge in [0, 0.05) is 35.7 Å². The van der Waals surface area contributed by atoms with Gasteiger partial charge in [-0.3, -0.25) is 13.8 Å². The maximum atomic E-state index is 13.6. The zero-order valence-electron chi connectivity index (χ0n) is 25.0. The summed E-state index contributed by atoms with van der Waals surface area (Å²) < 4.78 is 42.7. The van der Waals surface area contributed by atoms with E-state index in [1.165, 1.54) is 12.1 Å². The van der Waals surface area contributed by atoms with E-state index in [1.807, 2.05) is 11.9 Å². The molecule has 0 radical (unpaired) electrons. The predicted molar refractivity (Wildman–Crippen MR) is 161 cm³/mol. The summed E-state index contributed by atoms with van der Waals surface area (Å²) in [7, 11) is -2.22. The molecule has 1 aliphatic heterocycles. The van der Waals surface area contributed by atoms with Gasteiger partial charge in [0.25, 0.3) is 0 Å². The van der Waals surface area contributed by atoms with Crippen LogP contribution in [-0.2, 0) is 18.1 Å². The zero-order chi connectivity index (χ0) is 31.0. The Labute approximate surface area is 250 Å². The summed E-state index contributed by atoms with van der Waals surface area (Å²) in [5.41, 5.74) is -1.28. The number of likely N-dealkylation sites (N-methyl/N-ethyl adjacent to an activating group) is 1. The molecule has 2 aromatic carbocycles. The standard InChI is InChI=1S/C30H39ClNO9P/c1-29(2,3)40-42(36,41-30(4,5)6)38-17-37-25-15-22(34)27-21(33)14-24(18-10-8-9-11-20(18)31)39-28(27)26(25)19-12-13-32(7)16-23(19)35/h8-11,14-15,19,23,34-35H,12-13,16-17H2,1-7H3/t19-,23+/m0/s1. The molecule has 2 N–H and O–H groups in total. The van der Waals surface area contributed by atoms with Crippen molar-refractivity contribution in [2.75, 3.05) is 26.9 Å². The lowest BCUT2D eigenvalue weighted by Crippen LogP contribution is -2.40. The van der Waals surface area contributed by atoms with Gasteiger partial charge in [0.2, 0.25) is 0 Å². The van der Waals surface area contributed by atoms with Crippen LogP contribution in [0.1, 0.15) is 59.4 Å². The first-order valence-corrected chi connectivity index (χ1v) is 15.5. The molecule has 1 aliphatic rings. The lowest BCUT2D eigenvalue weighted by molar-refractivity contribution is -0.0194. The van der Waals surface area contributed by atoms with E-state index >= 15 is 0 Å². The number of nitrogens with zero attached hydrogens (tertiary/aromatic N) is 1. The van der Waals surface area contributed by atoms with Crippen LogP contribution >= 0.6 is 19.4 Å². The molecule has 0 aliphatic carbocycles. The van der Waals surface area contributed by atoms with Gasteiger partial charge in [-0.1, -0.05) is 23.7 Å². The second-order valence-corrected chi connectivity index (χ2v) is 14.4. The molecule has 0 amide bonds. The van der Waals surface area contributed by atoms with E-state index in [0.29, 0.717) is 35.7 Å². The number of aromatic hydroxyl groups is 1. The summed E-state index contributed by atoms with van der Waals surface area (Å²) in [6.07, 6.45) is -0.332. The number of phosphoric acid groups is 1. The highest BCUT2D eigenvalue weighted by Crippen LogP contribution is 2.55. The van der Waals surface area contributed by atoms with Crippen molar-refractivity contribution >= 4 is 30.4 Å². The number of phosphoric ester groups is 1. The molecule has 42 heavy (non-hydrogen) atoms. The van der Waals surface area contributed by atoms with E-state index in [-0.39, 0.29) is 28.2 Å². The van der Waals surface area contributed by atoms with Gasteiger partial charge < -0.3 is 24.3 Å². The molecule has 0 bridgehead atoms. The minimum Gasteiger partial charge on any atom is -0.507 e. The first-order valence-electron chi connectivity index (χ1n) is 13.7. The number of hydrogen-bond donors (Lipinski definition) is 2. The molecule has 10 nitrogen and oxygen atoms in total. The molecule has 230 valence electrons. The third kappa shape index (κ3) is 7.74. The Kier molecular flexibility index (Phi) is 9.50. The fourth-order valence-corrected chi connectivity index (χ4v) is 6.79. The molecule has 1 aromatic heterocycles. The van der Waals surface area contributed by atoms with Crippen molar-refractivity contribution in [3.05, 3.63) is 57.2 Å². The second kappa shape index (κ2) is 12.3. The van der Waals surface area contributed by atoms with Crippen LogP contribution in [0.25, 0.3) is 22.3 Å². The third-order valence-electron chi connectivity index (χ3n) is 6.47. The quantitative estimate of drug-likeness (QED) is 0.207. The number of fused-ring (bicyclic) bond motifs is 1. The molecular formula is C30H39ClNO9P. The summed E-state index contributed by atoms with van der Waals surface area (Å²) in [5.74, 6) is -0.625. The van der Waals surface area contributed by atoms with Gasteiger partial charge in [-0.2, -0.15) is 0 Å². The van der Waals surface area contributed by atoms with Crippen LogP contribution < -0.4 is 10.2 Å². The minimum atomic E-state index is -4.12. The van der Waals surface area contributed by atoms with Crippen molar-refractivity contribution in [1.29, 1.82) is 0 Å². The molecule has 0 saturated carbocycles. The number of aliphatic hydroxyl groups is 1. The van der Waals surface area contributed by atoms with Crippen molar-refractivity contribution in [2.24, 2.45) is 0 Å². The molecule has 0 spiro atoms. The highest BCUT2D eigenvalue weighted by molar-refractivity contribution is 7.48. The highest BCUT2D eigenvalue weighted by Gasteiger charge is 2.38. The Balaban J connectivity index is 1.82. The van der Waals surface area contributed by atoms with Gasteiger partial charge in [-0.15, -0.1) is 0 Å². The zero-order valence-corrected chi connectivity index (χ0v) is 26.6. The van der Waals surface area contributed by atoms with Crippen LogP contribution in [0.2, 0.25) is 5.02 Å². The molecule has 1 saturated heterocycles. The normalized spacial score (nSPS) is 18.9. The number of hydrogen-bond acceptors (Lipinski definition) is 10. The van der Waals surface area contributed by atoms with E-state index in [9.17, 15) is 19.6 Å². The molecule has 12 heteroatoms. The van der Waals surface area contributed by atoms with Crippen molar-refractivity contribution < 1.29 is 37.5 Å². The number of β-amino-alcohol motifs (C(OH)–C–C–N with tert-alkyl or cyclic N) is 1. The number of benzene rings is 2. The van der Waals surface area contributed by atoms with Crippen molar-refractivity contribution in [2.45, 2.75) is 71.2 Å². The monoisotopic (exact) mass is 623 g/mol. The van der Waals surface area contributed by atoms with Crippen LogP contribution in [0.3, 0.4) is 0 Å². The first kappa shape index (κ1) is 32.5. The maximum absolute atomic E-state index is 13.6. The summed E-state index contributed by atoms with van der Waals surface area (Å²) in [4.78, 5) is 15.3. The first-order chi connectivity index (χ1) is 19.5.